The van der Waals surface area contributed by atoms with E-state index in [1.165, 1.54) is 0 Å². The summed E-state index contributed by atoms with van der Waals surface area (Å²) in [6, 6.07) is 8.36. The third-order valence-electron chi connectivity index (χ3n) is 3.08. The summed E-state index contributed by atoms with van der Waals surface area (Å²) in [5.41, 5.74) is 0.836. The van der Waals surface area contributed by atoms with Crippen molar-refractivity contribution in [2.24, 2.45) is 0 Å². The van der Waals surface area contributed by atoms with Gasteiger partial charge in [0.1, 0.15) is 19.2 Å². The van der Waals surface area contributed by atoms with Gasteiger partial charge in [-0.3, -0.25) is 9.59 Å². The van der Waals surface area contributed by atoms with E-state index < -0.39 is 30.6 Å². The van der Waals surface area contributed by atoms with E-state index in [1.54, 1.807) is 0 Å². The third-order valence-corrected chi connectivity index (χ3v) is 3.08. The number of rotatable bonds is 9. The minimum atomic E-state index is -1.14. The Morgan fingerprint density at radius 1 is 1.22 bits per heavy atom. The summed E-state index contributed by atoms with van der Waals surface area (Å²) >= 11 is 0. The molecule has 0 aliphatic carbocycles. The Bertz CT molecular complexity index is 518. The number of hydrogen-bond donors (Lipinski definition) is 3. The molecule has 0 bridgehead atoms. The third kappa shape index (κ3) is 7.85. The van der Waals surface area contributed by atoms with Crippen LogP contribution in [0.5, 0.6) is 0 Å². The number of carbonyl (C=O) groups is 3. The van der Waals surface area contributed by atoms with Crippen LogP contribution in [0.2, 0.25) is 0 Å². The number of ether oxygens (including phenoxy) is 1. The molecule has 23 heavy (non-hydrogen) atoms. The van der Waals surface area contributed by atoms with Crippen LogP contribution in [0.1, 0.15) is 31.7 Å². The number of carboxylic acids is 1. The SMILES string of the molecule is CCCC[C@H](NC(=O)OCc1ccccc1)C(=O)NCC(=O)O. The van der Waals surface area contributed by atoms with Gasteiger partial charge in [0.2, 0.25) is 5.91 Å². The molecule has 0 aromatic heterocycles. The van der Waals surface area contributed by atoms with Gasteiger partial charge in [0, 0.05) is 0 Å². The van der Waals surface area contributed by atoms with Crippen molar-refractivity contribution in [3.63, 3.8) is 0 Å². The fourth-order valence-corrected chi connectivity index (χ4v) is 1.87. The monoisotopic (exact) mass is 322 g/mol. The Hall–Kier alpha value is -2.57. The highest BCUT2D eigenvalue weighted by Gasteiger charge is 2.21. The number of carbonyl (C=O) groups excluding carboxylic acids is 2. The molecule has 0 heterocycles. The van der Waals surface area contributed by atoms with Gasteiger partial charge in [0.25, 0.3) is 0 Å². The quantitative estimate of drug-likeness (QED) is 0.641. The first-order valence-corrected chi connectivity index (χ1v) is 7.49. The molecule has 1 atom stereocenters. The Morgan fingerprint density at radius 2 is 1.91 bits per heavy atom. The largest absolute Gasteiger partial charge is 0.480 e. The molecule has 0 fully saturated rings. The summed E-state index contributed by atoms with van der Waals surface area (Å²) in [4.78, 5) is 34.2. The molecule has 2 amide bonds. The van der Waals surface area contributed by atoms with E-state index in [0.717, 1.165) is 18.4 Å². The summed E-state index contributed by atoms with van der Waals surface area (Å²) in [5.74, 6) is -1.67. The highest BCUT2D eigenvalue weighted by molar-refractivity contribution is 5.87. The Balaban J connectivity index is 2.49. The van der Waals surface area contributed by atoms with Crippen molar-refractivity contribution in [1.29, 1.82) is 0 Å². The van der Waals surface area contributed by atoms with Crippen molar-refractivity contribution >= 4 is 18.0 Å². The lowest BCUT2D eigenvalue weighted by atomic mass is 10.1. The summed E-state index contributed by atoms with van der Waals surface area (Å²) in [6.45, 7) is 1.58. The molecular formula is C16H22N2O5. The van der Waals surface area contributed by atoms with Crippen molar-refractivity contribution in [3.8, 4) is 0 Å². The highest BCUT2D eigenvalue weighted by atomic mass is 16.5. The second-order valence-corrected chi connectivity index (χ2v) is 5.01. The maximum absolute atomic E-state index is 11.9. The van der Waals surface area contributed by atoms with E-state index in [4.69, 9.17) is 9.84 Å². The average Bonchev–Trinajstić information content (AvgIpc) is 2.55. The van der Waals surface area contributed by atoms with Gasteiger partial charge in [-0.25, -0.2) is 4.79 Å². The molecule has 126 valence electrons. The molecule has 0 unspecified atom stereocenters. The number of benzene rings is 1. The molecule has 0 spiro atoms. The number of amides is 2. The van der Waals surface area contributed by atoms with Crippen LogP contribution in [-0.4, -0.2) is 35.7 Å². The number of carboxylic acid groups (broad SMARTS) is 1. The lowest BCUT2D eigenvalue weighted by molar-refractivity contribution is -0.138. The second-order valence-electron chi connectivity index (χ2n) is 5.01. The van der Waals surface area contributed by atoms with Crippen LogP contribution >= 0.6 is 0 Å². The van der Waals surface area contributed by atoms with Crippen molar-refractivity contribution in [2.45, 2.75) is 38.8 Å². The van der Waals surface area contributed by atoms with Crippen LogP contribution < -0.4 is 10.6 Å². The normalized spacial score (nSPS) is 11.3. The van der Waals surface area contributed by atoms with Crippen LogP contribution in [0.25, 0.3) is 0 Å². The molecule has 1 aromatic carbocycles. The van der Waals surface area contributed by atoms with Crippen LogP contribution in [-0.2, 0) is 20.9 Å². The fraction of sp³-hybridized carbons (Fsp3) is 0.438. The first kappa shape index (κ1) is 18.5. The van der Waals surface area contributed by atoms with Crippen LogP contribution in [0, 0.1) is 0 Å². The van der Waals surface area contributed by atoms with Gasteiger partial charge in [-0.15, -0.1) is 0 Å². The predicted octanol–water partition coefficient (Wildman–Crippen LogP) is 1.67. The number of hydrogen-bond acceptors (Lipinski definition) is 4. The zero-order valence-electron chi connectivity index (χ0n) is 13.1. The van der Waals surface area contributed by atoms with Gasteiger partial charge in [-0.1, -0.05) is 50.1 Å². The van der Waals surface area contributed by atoms with Crippen molar-refractivity contribution in [3.05, 3.63) is 35.9 Å². The molecule has 3 N–H and O–H groups in total. The van der Waals surface area contributed by atoms with E-state index in [-0.39, 0.29) is 6.61 Å². The summed E-state index contributed by atoms with van der Waals surface area (Å²) in [7, 11) is 0. The molecule has 7 nitrogen and oxygen atoms in total. The summed E-state index contributed by atoms with van der Waals surface area (Å²) in [5, 5.41) is 13.3. The number of unbranched alkanes of at least 4 members (excludes halogenated alkanes) is 1. The number of nitrogens with one attached hydrogen (secondary N) is 2. The van der Waals surface area contributed by atoms with Crippen molar-refractivity contribution in [2.75, 3.05) is 6.54 Å². The van der Waals surface area contributed by atoms with Gasteiger partial charge in [-0.05, 0) is 12.0 Å². The zero-order chi connectivity index (χ0) is 17.1. The molecule has 1 aromatic rings. The van der Waals surface area contributed by atoms with Gasteiger partial charge in [0.15, 0.2) is 0 Å². The molecule has 1 rings (SSSR count). The van der Waals surface area contributed by atoms with Crippen LogP contribution in [0.3, 0.4) is 0 Å². The lowest BCUT2D eigenvalue weighted by Crippen LogP contribution is -2.48. The van der Waals surface area contributed by atoms with E-state index in [0.29, 0.717) is 6.42 Å². The molecule has 0 aliphatic heterocycles. The van der Waals surface area contributed by atoms with Crippen LogP contribution in [0.15, 0.2) is 30.3 Å². The smallest absolute Gasteiger partial charge is 0.408 e. The van der Waals surface area contributed by atoms with Crippen molar-refractivity contribution < 1.29 is 24.2 Å². The van der Waals surface area contributed by atoms with Gasteiger partial charge in [0.05, 0.1) is 0 Å². The molecule has 0 aliphatic rings. The van der Waals surface area contributed by atoms with E-state index in [9.17, 15) is 14.4 Å². The Labute approximate surface area is 135 Å². The fourth-order valence-electron chi connectivity index (χ4n) is 1.87. The minimum absolute atomic E-state index is 0.101. The standard InChI is InChI=1S/C16H22N2O5/c1-2-3-9-13(15(21)17-10-14(19)20)18-16(22)23-11-12-7-5-4-6-8-12/h4-8,13H,2-3,9-11H2,1H3,(H,17,21)(H,18,22)(H,19,20)/t13-/m0/s1. The zero-order valence-corrected chi connectivity index (χ0v) is 13.1. The molecule has 0 radical (unpaired) electrons. The second kappa shape index (κ2) is 10.2. The average molecular weight is 322 g/mol. The highest BCUT2D eigenvalue weighted by Crippen LogP contribution is 2.04. The van der Waals surface area contributed by atoms with E-state index >= 15 is 0 Å². The minimum Gasteiger partial charge on any atom is -0.480 e. The van der Waals surface area contributed by atoms with Crippen molar-refractivity contribution in [1.82, 2.24) is 10.6 Å². The van der Waals surface area contributed by atoms with Crippen LogP contribution in [0.4, 0.5) is 4.79 Å². The van der Waals surface area contributed by atoms with Gasteiger partial charge < -0.3 is 20.5 Å². The molecule has 0 saturated carbocycles. The summed E-state index contributed by atoms with van der Waals surface area (Å²) < 4.78 is 5.07. The molecular weight excluding hydrogens is 300 g/mol. The molecule has 0 saturated heterocycles. The Morgan fingerprint density at radius 3 is 2.52 bits per heavy atom. The van der Waals surface area contributed by atoms with E-state index in [2.05, 4.69) is 10.6 Å². The predicted molar refractivity (Wildman–Crippen MR) is 83.7 cm³/mol. The maximum Gasteiger partial charge on any atom is 0.408 e. The lowest BCUT2D eigenvalue weighted by Gasteiger charge is -2.17. The topological polar surface area (TPSA) is 105 Å². The van der Waals surface area contributed by atoms with Gasteiger partial charge in [-0.2, -0.15) is 0 Å². The Kier molecular flexibility index (Phi) is 8.20. The van der Waals surface area contributed by atoms with E-state index in [1.807, 2.05) is 37.3 Å². The maximum atomic E-state index is 11.9. The molecule has 7 heteroatoms. The number of alkyl carbamates (subject to hydrolysis) is 1. The van der Waals surface area contributed by atoms with Gasteiger partial charge >= 0.3 is 12.1 Å². The summed E-state index contributed by atoms with van der Waals surface area (Å²) in [6.07, 6.45) is 1.29. The first-order chi connectivity index (χ1) is 11.0. The first-order valence-electron chi connectivity index (χ1n) is 7.49. The number of aliphatic carboxylic acids is 1.